The van der Waals surface area contributed by atoms with Crippen molar-refractivity contribution in [3.8, 4) is 5.75 Å². The van der Waals surface area contributed by atoms with E-state index >= 15 is 0 Å². The molecule has 1 N–H and O–H groups in total. The van der Waals surface area contributed by atoms with Crippen molar-refractivity contribution in [2.45, 2.75) is 4.83 Å². The average molecular weight is 398 g/mol. The molecular weight excluding hydrogens is 387 g/mol. The van der Waals surface area contributed by atoms with Crippen molar-refractivity contribution in [1.29, 1.82) is 0 Å². The summed E-state index contributed by atoms with van der Waals surface area (Å²) in [6, 6.07) is 6.11. The van der Waals surface area contributed by atoms with Crippen LogP contribution >= 0.6 is 15.9 Å². The van der Waals surface area contributed by atoms with Crippen molar-refractivity contribution in [2.24, 2.45) is 0 Å². The summed E-state index contributed by atoms with van der Waals surface area (Å²) in [4.78, 5) is 14.5. The number of fused-ring (bicyclic) bond motifs is 1. The summed E-state index contributed by atoms with van der Waals surface area (Å²) < 4.78 is 45.4. The molecule has 1 atom stereocenters. The zero-order chi connectivity index (χ0) is 17.4. The summed E-state index contributed by atoms with van der Waals surface area (Å²) in [5.41, 5.74) is 0.544. The van der Waals surface area contributed by atoms with Crippen molar-refractivity contribution < 1.29 is 22.7 Å². The third-order valence-corrected chi connectivity index (χ3v) is 4.62. The number of halogens is 4. The molecule has 3 rings (SSSR count). The van der Waals surface area contributed by atoms with Gasteiger partial charge in [0.05, 0.1) is 12.6 Å². The van der Waals surface area contributed by atoms with E-state index in [0.717, 1.165) is 6.07 Å². The second kappa shape index (κ2) is 6.32. The Bertz CT molecular complexity index is 939. The molecular formula is C17H11BrF3NO2. The number of aromatic nitrogens is 1. The molecule has 3 nitrogen and oxygen atoms in total. The van der Waals surface area contributed by atoms with E-state index in [-0.39, 0.29) is 22.2 Å². The second-order valence-corrected chi connectivity index (χ2v) is 6.02. The lowest BCUT2D eigenvalue weighted by Crippen LogP contribution is -2.08. The minimum atomic E-state index is -1.04. The van der Waals surface area contributed by atoms with E-state index in [4.69, 9.17) is 4.74 Å². The van der Waals surface area contributed by atoms with Gasteiger partial charge in [0.1, 0.15) is 16.4 Å². The summed E-state index contributed by atoms with van der Waals surface area (Å²) in [5.74, 6) is -2.72. The molecule has 2 aromatic carbocycles. The zero-order valence-electron chi connectivity index (χ0n) is 12.4. The molecule has 0 spiro atoms. The standard InChI is InChI=1S/C17H11BrF3NO2/c1-24-13-6-8(19)2-3-10(13)14(18)17(23)11-7-22-16-9(11)4-5-12(20)15(16)21/h2-7,14,22H,1H3. The number of benzene rings is 2. The Morgan fingerprint density at radius 2 is 1.96 bits per heavy atom. The van der Waals surface area contributed by atoms with E-state index < -0.39 is 28.1 Å². The number of nitrogens with one attached hydrogen (secondary N) is 1. The Morgan fingerprint density at radius 1 is 1.21 bits per heavy atom. The number of ether oxygens (including phenoxy) is 1. The zero-order valence-corrected chi connectivity index (χ0v) is 14.0. The number of rotatable bonds is 4. The van der Waals surface area contributed by atoms with Crippen LogP contribution in [-0.2, 0) is 0 Å². The van der Waals surface area contributed by atoms with Crippen LogP contribution in [0.3, 0.4) is 0 Å². The molecule has 0 aliphatic carbocycles. The first-order valence-electron chi connectivity index (χ1n) is 6.91. The van der Waals surface area contributed by atoms with Crippen LogP contribution < -0.4 is 4.74 Å². The quantitative estimate of drug-likeness (QED) is 0.501. The highest BCUT2D eigenvalue weighted by Crippen LogP contribution is 2.36. The van der Waals surface area contributed by atoms with E-state index in [1.807, 2.05) is 0 Å². The minimum Gasteiger partial charge on any atom is -0.496 e. The predicted octanol–water partition coefficient (Wildman–Crippen LogP) is 4.91. The lowest BCUT2D eigenvalue weighted by molar-refractivity contribution is 0.0992. The van der Waals surface area contributed by atoms with Crippen LogP contribution in [0.5, 0.6) is 5.75 Å². The van der Waals surface area contributed by atoms with Gasteiger partial charge in [-0.2, -0.15) is 0 Å². The Labute approximate surface area is 143 Å². The Morgan fingerprint density at radius 3 is 2.67 bits per heavy atom. The fourth-order valence-corrected chi connectivity index (χ4v) is 3.14. The van der Waals surface area contributed by atoms with E-state index in [9.17, 15) is 18.0 Å². The highest BCUT2D eigenvalue weighted by Gasteiger charge is 2.26. The van der Waals surface area contributed by atoms with Crippen LogP contribution in [-0.4, -0.2) is 17.9 Å². The summed E-state index contributed by atoms with van der Waals surface area (Å²) in [7, 11) is 1.37. The molecule has 7 heteroatoms. The molecule has 124 valence electrons. The maximum Gasteiger partial charge on any atom is 0.183 e. The number of aromatic amines is 1. The maximum atomic E-state index is 13.8. The minimum absolute atomic E-state index is 0.0795. The van der Waals surface area contributed by atoms with Gasteiger partial charge in [-0.25, -0.2) is 13.2 Å². The van der Waals surface area contributed by atoms with Crippen molar-refractivity contribution >= 4 is 32.6 Å². The average Bonchev–Trinajstić information content (AvgIpc) is 3.01. The molecule has 1 heterocycles. The third-order valence-electron chi connectivity index (χ3n) is 3.71. The smallest absolute Gasteiger partial charge is 0.183 e. The molecule has 0 bridgehead atoms. The van der Waals surface area contributed by atoms with Crippen LogP contribution in [0.2, 0.25) is 0 Å². The highest BCUT2D eigenvalue weighted by molar-refractivity contribution is 9.09. The van der Waals surface area contributed by atoms with Crippen LogP contribution in [0.4, 0.5) is 13.2 Å². The Kier molecular flexibility index (Phi) is 4.36. The molecule has 24 heavy (non-hydrogen) atoms. The molecule has 0 aliphatic heterocycles. The lowest BCUT2D eigenvalue weighted by atomic mass is 10.0. The van der Waals surface area contributed by atoms with Crippen molar-refractivity contribution in [1.82, 2.24) is 4.98 Å². The first-order chi connectivity index (χ1) is 11.4. The van der Waals surface area contributed by atoms with Crippen molar-refractivity contribution in [2.75, 3.05) is 7.11 Å². The molecule has 0 radical (unpaired) electrons. The van der Waals surface area contributed by atoms with Crippen molar-refractivity contribution in [3.05, 3.63) is 65.1 Å². The Hall–Kier alpha value is -2.28. The highest BCUT2D eigenvalue weighted by atomic mass is 79.9. The number of carbonyl (C=O) groups excluding carboxylic acids is 1. The van der Waals surface area contributed by atoms with Gasteiger partial charge in [0.25, 0.3) is 0 Å². The van der Waals surface area contributed by atoms with Gasteiger partial charge in [0.15, 0.2) is 17.4 Å². The fourth-order valence-electron chi connectivity index (χ4n) is 2.51. The topological polar surface area (TPSA) is 42.1 Å². The SMILES string of the molecule is COc1cc(F)ccc1C(Br)C(=O)c1c[nH]c2c(F)c(F)ccc12. The number of hydrogen-bond donors (Lipinski definition) is 1. The van der Waals surface area contributed by atoms with Gasteiger partial charge in [-0.05, 0) is 18.2 Å². The summed E-state index contributed by atoms with van der Waals surface area (Å²) >= 11 is 3.27. The van der Waals surface area contributed by atoms with Gasteiger partial charge in [-0.1, -0.05) is 22.0 Å². The third kappa shape index (κ3) is 2.69. The summed E-state index contributed by atoms with van der Waals surface area (Å²) in [6.45, 7) is 0. The molecule has 3 aromatic rings. The van der Waals surface area contributed by atoms with E-state index in [0.29, 0.717) is 5.56 Å². The van der Waals surface area contributed by atoms with Crippen LogP contribution in [0.25, 0.3) is 10.9 Å². The van der Waals surface area contributed by atoms with Gasteiger partial charge >= 0.3 is 0 Å². The first kappa shape index (κ1) is 16.6. The van der Waals surface area contributed by atoms with Gasteiger partial charge in [0, 0.05) is 28.8 Å². The number of Topliss-reactive ketones (excluding diaryl/α,β-unsaturated/α-hetero) is 1. The summed E-state index contributed by atoms with van der Waals surface area (Å²) in [6.07, 6.45) is 1.32. The van der Waals surface area contributed by atoms with E-state index in [1.54, 1.807) is 0 Å². The van der Waals surface area contributed by atoms with Crippen LogP contribution in [0, 0.1) is 17.5 Å². The van der Waals surface area contributed by atoms with Gasteiger partial charge in [0.2, 0.25) is 0 Å². The predicted molar refractivity (Wildman–Crippen MR) is 87.2 cm³/mol. The van der Waals surface area contributed by atoms with Gasteiger partial charge in [-0.3, -0.25) is 4.79 Å². The number of alkyl halides is 1. The summed E-state index contributed by atoms with van der Waals surface area (Å²) in [5, 5.41) is 0.268. The van der Waals surface area contributed by atoms with E-state index in [2.05, 4.69) is 20.9 Å². The molecule has 0 saturated carbocycles. The molecule has 1 aromatic heterocycles. The molecule has 0 aliphatic rings. The number of H-pyrrole nitrogens is 1. The fraction of sp³-hybridized carbons (Fsp3) is 0.118. The molecule has 0 fully saturated rings. The largest absolute Gasteiger partial charge is 0.496 e. The molecule has 1 unspecified atom stereocenters. The number of carbonyl (C=O) groups is 1. The molecule has 0 amide bonds. The van der Waals surface area contributed by atoms with Crippen LogP contribution in [0.15, 0.2) is 36.5 Å². The number of hydrogen-bond acceptors (Lipinski definition) is 2. The normalized spacial score (nSPS) is 12.4. The number of methoxy groups -OCH3 is 1. The monoisotopic (exact) mass is 397 g/mol. The van der Waals surface area contributed by atoms with E-state index in [1.165, 1.54) is 37.6 Å². The molecule has 0 saturated heterocycles. The Balaban J connectivity index is 2.05. The lowest BCUT2D eigenvalue weighted by Gasteiger charge is -2.13. The van der Waals surface area contributed by atoms with Crippen molar-refractivity contribution in [3.63, 3.8) is 0 Å². The maximum absolute atomic E-state index is 13.8. The van der Waals surface area contributed by atoms with Gasteiger partial charge < -0.3 is 9.72 Å². The van der Waals surface area contributed by atoms with Crippen LogP contribution in [0.1, 0.15) is 20.7 Å². The second-order valence-electron chi connectivity index (χ2n) is 5.10. The van der Waals surface area contributed by atoms with Gasteiger partial charge in [-0.15, -0.1) is 0 Å². The first-order valence-corrected chi connectivity index (χ1v) is 7.82. The number of ketones is 1.